The van der Waals surface area contributed by atoms with Crippen molar-refractivity contribution in [3.63, 3.8) is 0 Å². The number of piperidine rings is 1. The van der Waals surface area contributed by atoms with Crippen molar-refractivity contribution in [1.82, 2.24) is 14.7 Å². The molecule has 134 valence electrons. The van der Waals surface area contributed by atoms with Crippen molar-refractivity contribution >= 4 is 11.6 Å². The molecule has 0 saturated carbocycles. The molecule has 6 nitrogen and oxygen atoms in total. The van der Waals surface area contributed by atoms with Crippen LogP contribution in [-0.4, -0.2) is 52.9 Å². The number of likely N-dealkylation sites (tertiary alicyclic amines) is 1. The van der Waals surface area contributed by atoms with E-state index in [1.807, 2.05) is 13.1 Å². The van der Waals surface area contributed by atoms with E-state index >= 15 is 0 Å². The number of nitrogens with one attached hydrogen (secondary N) is 1. The molecule has 2 aromatic rings. The molecule has 2 atom stereocenters. The van der Waals surface area contributed by atoms with Crippen LogP contribution < -0.4 is 5.32 Å². The summed E-state index contributed by atoms with van der Waals surface area (Å²) in [5.74, 6) is -0.0113. The Morgan fingerprint density at radius 3 is 2.84 bits per heavy atom. The second-order valence-corrected chi connectivity index (χ2v) is 6.59. The summed E-state index contributed by atoms with van der Waals surface area (Å²) in [5, 5.41) is 7.00. The number of methoxy groups -OCH3 is 1. The van der Waals surface area contributed by atoms with Gasteiger partial charge in [-0.3, -0.25) is 14.4 Å². The SMILES string of the molecule is CO[C@H]1CCCN(CC(=O)Nc2cnn(C)c2)[C@H]1Cc1ccccc1. The highest BCUT2D eigenvalue weighted by Gasteiger charge is 2.32. The summed E-state index contributed by atoms with van der Waals surface area (Å²) < 4.78 is 7.40. The highest BCUT2D eigenvalue weighted by Crippen LogP contribution is 2.23. The largest absolute Gasteiger partial charge is 0.380 e. The molecule has 6 heteroatoms. The summed E-state index contributed by atoms with van der Waals surface area (Å²) >= 11 is 0. The molecule has 25 heavy (non-hydrogen) atoms. The Kier molecular flexibility index (Phi) is 5.83. The van der Waals surface area contributed by atoms with Crippen LogP contribution in [0.25, 0.3) is 0 Å². The van der Waals surface area contributed by atoms with Crippen LogP contribution in [0.2, 0.25) is 0 Å². The molecule has 1 amide bonds. The molecule has 0 spiro atoms. The number of hydrogen-bond acceptors (Lipinski definition) is 4. The fourth-order valence-corrected chi connectivity index (χ4v) is 3.55. The number of carbonyl (C=O) groups is 1. The van der Waals surface area contributed by atoms with Crippen molar-refractivity contribution < 1.29 is 9.53 Å². The van der Waals surface area contributed by atoms with Crippen LogP contribution >= 0.6 is 0 Å². The van der Waals surface area contributed by atoms with Crippen molar-refractivity contribution in [3.8, 4) is 0 Å². The van der Waals surface area contributed by atoms with Gasteiger partial charge in [-0.05, 0) is 31.4 Å². The van der Waals surface area contributed by atoms with Crippen LogP contribution in [0.4, 0.5) is 5.69 Å². The summed E-state index contributed by atoms with van der Waals surface area (Å²) in [6, 6.07) is 10.6. The van der Waals surface area contributed by atoms with Crippen LogP contribution in [0.3, 0.4) is 0 Å². The first-order valence-electron chi connectivity index (χ1n) is 8.75. The lowest BCUT2D eigenvalue weighted by Gasteiger charge is -2.40. The maximum absolute atomic E-state index is 12.5. The number of nitrogens with zero attached hydrogens (tertiary/aromatic N) is 3. The Labute approximate surface area is 148 Å². The van der Waals surface area contributed by atoms with E-state index in [0.29, 0.717) is 6.54 Å². The minimum absolute atomic E-state index is 0.0113. The molecule has 1 aromatic heterocycles. The average molecular weight is 342 g/mol. The molecular weight excluding hydrogens is 316 g/mol. The van der Waals surface area contributed by atoms with Gasteiger partial charge in [-0.25, -0.2) is 0 Å². The lowest BCUT2D eigenvalue weighted by molar-refractivity contribution is -0.119. The number of carbonyl (C=O) groups excluding carboxylic acids is 1. The zero-order chi connectivity index (χ0) is 17.6. The number of aromatic nitrogens is 2. The Morgan fingerprint density at radius 1 is 1.36 bits per heavy atom. The quantitative estimate of drug-likeness (QED) is 0.873. The number of benzene rings is 1. The summed E-state index contributed by atoms with van der Waals surface area (Å²) in [4.78, 5) is 14.7. The zero-order valence-corrected chi connectivity index (χ0v) is 14.9. The smallest absolute Gasteiger partial charge is 0.238 e. The van der Waals surface area contributed by atoms with E-state index in [0.717, 1.165) is 31.5 Å². The Bertz CT molecular complexity index is 686. The van der Waals surface area contributed by atoms with E-state index in [2.05, 4.69) is 39.6 Å². The van der Waals surface area contributed by atoms with Crippen molar-refractivity contribution in [1.29, 1.82) is 0 Å². The van der Waals surface area contributed by atoms with E-state index in [1.165, 1.54) is 5.56 Å². The lowest BCUT2D eigenvalue weighted by Crippen LogP contribution is -2.52. The van der Waals surface area contributed by atoms with E-state index in [4.69, 9.17) is 4.74 Å². The Hall–Kier alpha value is -2.18. The van der Waals surface area contributed by atoms with Gasteiger partial charge in [0.05, 0.1) is 24.5 Å². The van der Waals surface area contributed by atoms with Gasteiger partial charge >= 0.3 is 0 Å². The third-order valence-corrected chi connectivity index (χ3v) is 4.76. The number of amides is 1. The minimum atomic E-state index is -0.0113. The molecule has 1 fully saturated rings. The first-order chi connectivity index (χ1) is 12.2. The maximum Gasteiger partial charge on any atom is 0.238 e. The van der Waals surface area contributed by atoms with E-state index in [1.54, 1.807) is 24.2 Å². The van der Waals surface area contributed by atoms with E-state index in [-0.39, 0.29) is 18.1 Å². The standard InChI is InChI=1S/C19H26N4O2/c1-22-13-16(12-20-22)21-19(24)14-23-10-6-9-18(25-2)17(23)11-15-7-4-3-5-8-15/h3-5,7-8,12-13,17-18H,6,9-11,14H2,1-2H3,(H,21,24)/t17-,18-/m0/s1. The molecule has 1 aliphatic rings. The van der Waals surface area contributed by atoms with Gasteiger partial charge in [0, 0.05) is 26.4 Å². The van der Waals surface area contributed by atoms with E-state index < -0.39 is 0 Å². The highest BCUT2D eigenvalue weighted by molar-refractivity contribution is 5.92. The number of hydrogen-bond donors (Lipinski definition) is 1. The van der Waals surface area contributed by atoms with Crippen LogP contribution in [0.1, 0.15) is 18.4 Å². The van der Waals surface area contributed by atoms with Gasteiger partial charge in [-0.15, -0.1) is 0 Å². The molecule has 1 aromatic carbocycles. The van der Waals surface area contributed by atoms with Gasteiger partial charge in [0.25, 0.3) is 0 Å². The fourth-order valence-electron chi connectivity index (χ4n) is 3.55. The Morgan fingerprint density at radius 2 is 2.16 bits per heavy atom. The van der Waals surface area contributed by atoms with Crippen molar-refractivity contribution in [2.45, 2.75) is 31.4 Å². The zero-order valence-electron chi connectivity index (χ0n) is 14.9. The van der Waals surface area contributed by atoms with E-state index in [9.17, 15) is 4.79 Å². The second-order valence-electron chi connectivity index (χ2n) is 6.59. The van der Waals surface area contributed by atoms with Crippen molar-refractivity contribution in [2.24, 2.45) is 7.05 Å². The number of ether oxygens (including phenoxy) is 1. The fraction of sp³-hybridized carbons (Fsp3) is 0.474. The van der Waals surface area contributed by atoms with Gasteiger partial charge in [-0.1, -0.05) is 30.3 Å². The normalized spacial score (nSPS) is 21.2. The molecule has 0 radical (unpaired) electrons. The van der Waals surface area contributed by atoms with Crippen molar-refractivity contribution in [2.75, 3.05) is 25.5 Å². The average Bonchev–Trinajstić information content (AvgIpc) is 3.02. The molecule has 1 aliphatic heterocycles. The van der Waals surface area contributed by atoms with Crippen LogP contribution in [-0.2, 0) is 23.0 Å². The molecule has 1 saturated heterocycles. The summed E-state index contributed by atoms with van der Waals surface area (Å²) in [6.45, 7) is 1.28. The second kappa shape index (κ2) is 8.27. The number of anilines is 1. The molecule has 1 N–H and O–H groups in total. The van der Waals surface area contributed by atoms with Crippen LogP contribution in [0, 0.1) is 0 Å². The number of rotatable bonds is 6. The van der Waals surface area contributed by atoms with Gasteiger partial charge in [0.1, 0.15) is 0 Å². The Balaban J connectivity index is 1.66. The molecule has 0 bridgehead atoms. The monoisotopic (exact) mass is 342 g/mol. The molecular formula is C19H26N4O2. The molecule has 3 rings (SSSR count). The summed E-state index contributed by atoms with van der Waals surface area (Å²) in [6.07, 6.45) is 6.58. The first kappa shape index (κ1) is 17.6. The van der Waals surface area contributed by atoms with Gasteiger partial charge in [-0.2, -0.15) is 5.10 Å². The van der Waals surface area contributed by atoms with Gasteiger partial charge < -0.3 is 10.1 Å². The van der Waals surface area contributed by atoms with Gasteiger partial charge in [0.15, 0.2) is 0 Å². The molecule has 0 aliphatic carbocycles. The molecule has 2 heterocycles. The third-order valence-electron chi connectivity index (χ3n) is 4.76. The van der Waals surface area contributed by atoms with Gasteiger partial charge in [0.2, 0.25) is 5.91 Å². The first-order valence-corrected chi connectivity index (χ1v) is 8.75. The third kappa shape index (κ3) is 4.67. The van der Waals surface area contributed by atoms with Crippen LogP contribution in [0.15, 0.2) is 42.7 Å². The van der Waals surface area contributed by atoms with Crippen molar-refractivity contribution in [3.05, 3.63) is 48.3 Å². The minimum Gasteiger partial charge on any atom is -0.380 e. The summed E-state index contributed by atoms with van der Waals surface area (Å²) in [7, 11) is 3.60. The topological polar surface area (TPSA) is 59.4 Å². The lowest BCUT2D eigenvalue weighted by atomic mass is 9.92. The maximum atomic E-state index is 12.5. The van der Waals surface area contributed by atoms with Crippen LogP contribution in [0.5, 0.6) is 0 Å². The summed E-state index contributed by atoms with van der Waals surface area (Å²) in [5.41, 5.74) is 2.00. The molecule has 0 unspecified atom stereocenters. The predicted octanol–water partition coefficient (Wildman–Crippen LogP) is 2.08. The number of aryl methyl sites for hydroxylation is 1. The highest BCUT2D eigenvalue weighted by atomic mass is 16.5. The predicted molar refractivity (Wildman–Crippen MR) is 97.4 cm³/mol.